The van der Waals surface area contributed by atoms with Crippen LogP contribution in [0, 0.1) is 0 Å². The van der Waals surface area contributed by atoms with E-state index < -0.39 is 0 Å². The van der Waals surface area contributed by atoms with E-state index in [1.807, 2.05) is 67.5 Å². The van der Waals surface area contributed by atoms with Crippen LogP contribution in [-0.2, 0) is 11.3 Å². The van der Waals surface area contributed by atoms with Gasteiger partial charge in [-0.15, -0.1) is 0 Å². The van der Waals surface area contributed by atoms with E-state index in [-0.39, 0.29) is 24.0 Å². The molecule has 0 aliphatic carbocycles. The molecule has 2 heterocycles. The number of benzene rings is 2. The monoisotopic (exact) mass is 404 g/mol. The lowest BCUT2D eigenvalue weighted by Gasteiger charge is -2.11. The number of nitrogens with two attached hydrogens (primary N) is 1. The first kappa shape index (κ1) is 19.1. The summed E-state index contributed by atoms with van der Waals surface area (Å²) in [6.07, 6.45) is 1.59. The fourth-order valence-corrected chi connectivity index (χ4v) is 2.98. The molecule has 152 valence electrons. The first-order chi connectivity index (χ1) is 14.5. The quantitative estimate of drug-likeness (QED) is 0.371. The number of nitrogen functional groups attached to an aromatic ring is 1. The number of imidazole rings is 1. The second-order valence-corrected chi connectivity index (χ2v) is 6.79. The maximum absolute atomic E-state index is 12.5. The summed E-state index contributed by atoms with van der Waals surface area (Å²) >= 11 is 0. The third kappa shape index (κ3) is 3.83. The number of nitrogens with one attached hydrogen (secondary N) is 1. The summed E-state index contributed by atoms with van der Waals surface area (Å²) in [6, 6.07) is 15.2. The number of carbonyl (C=O) groups excluding carboxylic acids is 1. The number of hydrogen-bond donors (Lipinski definition) is 2. The lowest BCUT2D eigenvalue weighted by Crippen LogP contribution is -2.23. The Bertz CT molecular complexity index is 1210. The van der Waals surface area contributed by atoms with Crippen LogP contribution in [0.25, 0.3) is 22.6 Å². The number of hydrogen-bond acceptors (Lipinski definition) is 8. The van der Waals surface area contributed by atoms with Crippen molar-refractivity contribution in [2.24, 2.45) is 5.10 Å². The van der Waals surface area contributed by atoms with Crippen molar-refractivity contribution in [3.05, 3.63) is 54.1 Å². The molecule has 0 radical (unpaired) electrons. The topological polar surface area (TPSA) is 127 Å². The van der Waals surface area contributed by atoms with Gasteiger partial charge < -0.3 is 15.2 Å². The van der Waals surface area contributed by atoms with Gasteiger partial charge in [-0.25, -0.2) is 15.0 Å². The van der Waals surface area contributed by atoms with Gasteiger partial charge in [-0.3, -0.25) is 4.79 Å². The number of fused-ring (bicyclic) bond motifs is 1. The van der Waals surface area contributed by atoms with Crippen LogP contribution in [-0.4, -0.2) is 46.1 Å². The zero-order valence-corrected chi connectivity index (χ0v) is 16.5. The maximum Gasteiger partial charge on any atom is 0.260 e. The largest absolute Gasteiger partial charge is 0.379 e. The van der Waals surface area contributed by atoms with Crippen molar-refractivity contribution in [3.63, 3.8) is 0 Å². The van der Waals surface area contributed by atoms with E-state index >= 15 is 0 Å². The average Bonchev–Trinajstić information content (AvgIpc) is 3.32. The van der Waals surface area contributed by atoms with Crippen LogP contribution >= 0.6 is 0 Å². The number of aromatic nitrogens is 4. The van der Waals surface area contributed by atoms with E-state index in [2.05, 4.69) is 30.5 Å². The molecule has 0 bridgehead atoms. The molecule has 4 aromatic rings. The van der Waals surface area contributed by atoms with E-state index in [1.54, 1.807) is 10.8 Å². The van der Waals surface area contributed by atoms with Crippen LogP contribution in [0.4, 0.5) is 11.5 Å². The zero-order chi connectivity index (χ0) is 21.1. The third-order valence-electron chi connectivity index (χ3n) is 4.49. The fraction of sp³-hybridized carbons (Fsp3) is 0.150. The van der Waals surface area contributed by atoms with Crippen molar-refractivity contribution >= 4 is 34.7 Å². The normalized spacial score (nSPS) is 11.3. The molecule has 0 spiro atoms. The molecular formula is C20H20N8O2. The first-order valence-electron chi connectivity index (χ1n) is 9.16. The number of rotatable bonds is 6. The molecule has 3 N–H and O–H groups in total. The first-order valence-corrected chi connectivity index (χ1v) is 9.16. The summed E-state index contributed by atoms with van der Waals surface area (Å²) < 4.78 is 6.38. The highest BCUT2D eigenvalue weighted by Gasteiger charge is 2.20. The Morgan fingerprint density at radius 1 is 1.20 bits per heavy atom. The number of para-hydroxylation sites is 2. The Morgan fingerprint density at radius 2 is 1.97 bits per heavy atom. The summed E-state index contributed by atoms with van der Waals surface area (Å²) in [5.41, 5.74) is 12.1. The summed E-state index contributed by atoms with van der Waals surface area (Å²) in [7, 11) is 3.94. The third-order valence-corrected chi connectivity index (χ3v) is 4.49. The molecule has 0 atom stereocenters. The van der Waals surface area contributed by atoms with E-state index in [1.165, 1.54) is 0 Å². The van der Waals surface area contributed by atoms with Crippen molar-refractivity contribution < 1.29 is 9.42 Å². The predicted octanol–water partition coefficient (Wildman–Crippen LogP) is 1.88. The van der Waals surface area contributed by atoms with Crippen molar-refractivity contribution in [2.75, 3.05) is 24.7 Å². The standard InChI is InChI=1S/C20H20N8O2/c1-27(2)14-9-7-13(8-10-14)11-22-24-17(29)12-28-16-6-4-3-5-15(16)23-20(28)18-19(21)26-30-25-18/h3-11H,12H2,1-2H3,(H2,21,26)(H,24,29)/b22-11+. The predicted molar refractivity (Wildman–Crippen MR) is 114 cm³/mol. The van der Waals surface area contributed by atoms with Gasteiger partial charge in [-0.2, -0.15) is 5.10 Å². The van der Waals surface area contributed by atoms with Crippen LogP contribution in [0.1, 0.15) is 5.56 Å². The Hall–Kier alpha value is -4.21. The number of hydrazone groups is 1. The molecule has 2 aromatic carbocycles. The highest BCUT2D eigenvalue weighted by molar-refractivity contribution is 5.86. The molecule has 1 amide bonds. The van der Waals surface area contributed by atoms with Crippen LogP contribution in [0.3, 0.4) is 0 Å². The van der Waals surface area contributed by atoms with Gasteiger partial charge in [-0.05, 0) is 40.1 Å². The molecule has 30 heavy (non-hydrogen) atoms. The average molecular weight is 404 g/mol. The molecule has 0 aliphatic rings. The molecule has 4 rings (SSSR count). The molecule has 10 heteroatoms. The Morgan fingerprint density at radius 3 is 2.67 bits per heavy atom. The summed E-state index contributed by atoms with van der Waals surface area (Å²) in [6.45, 7) is -0.0287. The molecule has 0 saturated carbocycles. The summed E-state index contributed by atoms with van der Waals surface area (Å²) in [4.78, 5) is 19.0. The van der Waals surface area contributed by atoms with E-state index in [0.717, 1.165) is 16.8 Å². The highest BCUT2D eigenvalue weighted by Crippen LogP contribution is 2.26. The van der Waals surface area contributed by atoms with Crippen LogP contribution in [0.15, 0.2) is 58.3 Å². The van der Waals surface area contributed by atoms with Crippen molar-refractivity contribution in [1.82, 2.24) is 25.3 Å². The van der Waals surface area contributed by atoms with Crippen LogP contribution in [0.2, 0.25) is 0 Å². The van der Waals surface area contributed by atoms with Crippen molar-refractivity contribution in [3.8, 4) is 11.5 Å². The Balaban J connectivity index is 1.52. The molecule has 0 unspecified atom stereocenters. The van der Waals surface area contributed by atoms with Crippen LogP contribution in [0.5, 0.6) is 0 Å². The van der Waals surface area contributed by atoms with Crippen molar-refractivity contribution in [2.45, 2.75) is 6.54 Å². The minimum absolute atomic E-state index is 0.0287. The second-order valence-electron chi connectivity index (χ2n) is 6.79. The second kappa shape index (κ2) is 8.03. The fourth-order valence-electron chi connectivity index (χ4n) is 2.98. The smallest absolute Gasteiger partial charge is 0.260 e. The van der Waals surface area contributed by atoms with Gasteiger partial charge >= 0.3 is 0 Å². The lowest BCUT2D eigenvalue weighted by molar-refractivity contribution is -0.121. The van der Waals surface area contributed by atoms with Crippen molar-refractivity contribution in [1.29, 1.82) is 0 Å². The van der Waals surface area contributed by atoms with Gasteiger partial charge in [0.05, 0.1) is 17.2 Å². The summed E-state index contributed by atoms with van der Waals surface area (Å²) in [5, 5.41) is 11.4. The maximum atomic E-state index is 12.5. The minimum atomic E-state index is -0.324. The zero-order valence-electron chi connectivity index (χ0n) is 16.5. The van der Waals surface area contributed by atoms with Gasteiger partial charge in [0, 0.05) is 19.8 Å². The van der Waals surface area contributed by atoms with Gasteiger partial charge in [0.15, 0.2) is 17.3 Å². The number of carbonyl (C=O) groups is 1. The number of nitrogens with zero attached hydrogens (tertiary/aromatic N) is 6. The molecule has 0 fully saturated rings. The van der Waals surface area contributed by atoms with E-state index in [0.29, 0.717) is 11.3 Å². The van der Waals surface area contributed by atoms with Gasteiger partial charge in [-0.1, -0.05) is 24.3 Å². The molecular weight excluding hydrogens is 384 g/mol. The molecule has 10 nitrogen and oxygen atoms in total. The SMILES string of the molecule is CN(C)c1ccc(/C=N/NC(=O)Cn2c(-c3nonc3N)nc3ccccc32)cc1. The Labute approximate surface area is 172 Å². The van der Waals surface area contributed by atoms with E-state index in [4.69, 9.17) is 5.73 Å². The highest BCUT2D eigenvalue weighted by atomic mass is 16.6. The number of anilines is 2. The minimum Gasteiger partial charge on any atom is -0.379 e. The lowest BCUT2D eigenvalue weighted by atomic mass is 10.2. The molecule has 0 aliphatic heterocycles. The van der Waals surface area contributed by atoms with E-state index in [9.17, 15) is 4.79 Å². The van der Waals surface area contributed by atoms with Gasteiger partial charge in [0.2, 0.25) is 0 Å². The van der Waals surface area contributed by atoms with Crippen LogP contribution < -0.4 is 16.1 Å². The summed E-state index contributed by atoms with van der Waals surface area (Å²) in [5.74, 6) is 0.176. The van der Waals surface area contributed by atoms with Gasteiger partial charge in [0.25, 0.3) is 5.91 Å². The molecule has 2 aromatic heterocycles. The van der Waals surface area contributed by atoms with Gasteiger partial charge in [0.1, 0.15) is 6.54 Å². The molecule has 0 saturated heterocycles. The number of amides is 1. The Kier molecular flexibility index (Phi) is 5.12.